The molecule has 5 heteroatoms. The standard InChI is InChI=1S/C17H15N3O2/c1-19(2)17(22)20-16(21)14-11-7-6-10-13(14)15(18-20)12-8-4-3-5-9-12/h3-11H,1-2H3. The number of carbonyl (C=O) groups is 1. The molecule has 0 bridgehead atoms. The van der Waals surface area contributed by atoms with Gasteiger partial charge >= 0.3 is 6.03 Å². The lowest BCUT2D eigenvalue weighted by atomic mass is 10.1. The highest BCUT2D eigenvalue weighted by atomic mass is 16.2. The maximum absolute atomic E-state index is 12.5. The quantitative estimate of drug-likeness (QED) is 0.693. The molecule has 0 aliphatic rings. The molecule has 0 radical (unpaired) electrons. The number of hydrogen-bond acceptors (Lipinski definition) is 3. The summed E-state index contributed by atoms with van der Waals surface area (Å²) in [6, 6.07) is 16.2. The number of benzene rings is 2. The molecule has 22 heavy (non-hydrogen) atoms. The van der Waals surface area contributed by atoms with Gasteiger partial charge in [0.2, 0.25) is 0 Å². The van der Waals surface area contributed by atoms with Crippen molar-refractivity contribution in [3.63, 3.8) is 0 Å². The van der Waals surface area contributed by atoms with Crippen LogP contribution in [0.2, 0.25) is 0 Å². The van der Waals surface area contributed by atoms with Crippen LogP contribution in [0.15, 0.2) is 59.4 Å². The number of fused-ring (bicyclic) bond motifs is 1. The molecule has 3 aromatic rings. The van der Waals surface area contributed by atoms with Crippen LogP contribution in [0.5, 0.6) is 0 Å². The van der Waals surface area contributed by atoms with Gasteiger partial charge in [0, 0.05) is 25.0 Å². The fourth-order valence-electron chi connectivity index (χ4n) is 2.32. The van der Waals surface area contributed by atoms with Crippen LogP contribution in [-0.2, 0) is 0 Å². The summed E-state index contributed by atoms with van der Waals surface area (Å²) in [7, 11) is 3.18. The van der Waals surface area contributed by atoms with Crippen LogP contribution in [0.4, 0.5) is 4.79 Å². The Morgan fingerprint density at radius 2 is 1.55 bits per heavy atom. The van der Waals surface area contributed by atoms with Crippen LogP contribution in [0, 0.1) is 0 Å². The molecule has 0 saturated heterocycles. The number of carbonyl (C=O) groups excluding carboxylic acids is 1. The van der Waals surface area contributed by atoms with E-state index in [4.69, 9.17) is 0 Å². The van der Waals surface area contributed by atoms with Crippen molar-refractivity contribution in [1.29, 1.82) is 0 Å². The normalized spacial score (nSPS) is 10.6. The molecule has 110 valence electrons. The van der Waals surface area contributed by atoms with E-state index in [-0.39, 0.29) is 0 Å². The summed E-state index contributed by atoms with van der Waals surface area (Å²) in [5, 5.41) is 5.52. The van der Waals surface area contributed by atoms with Crippen molar-refractivity contribution >= 4 is 16.8 Å². The smallest absolute Gasteiger partial charge is 0.329 e. The molecular weight excluding hydrogens is 278 g/mol. The fourth-order valence-corrected chi connectivity index (χ4v) is 2.32. The molecule has 0 spiro atoms. The van der Waals surface area contributed by atoms with Gasteiger partial charge in [-0.15, -0.1) is 4.68 Å². The third kappa shape index (κ3) is 2.26. The van der Waals surface area contributed by atoms with Gasteiger partial charge in [0.05, 0.1) is 11.1 Å². The lowest BCUT2D eigenvalue weighted by Gasteiger charge is -2.14. The zero-order chi connectivity index (χ0) is 15.7. The van der Waals surface area contributed by atoms with E-state index in [9.17, 15) is 9.59 Å². The van der Waals surface area contributed by atoms with E-state index in [1.807, 2.05) is 42.5 Å². The number of nitrogens with zero attached hydrogens (tertiary/aromatic N) is 3. The molecule has 0 saturated carbocycles. The van der Waals surface area contributed by atoms with E-state index >= 15 is 0 Å². The van der Waals surface area contributed by atoms with Crippen molar-refractivity contribution in [3.05, 3.63) is 65.0 Å². The predicted molar refractivity (Wildman–Crippen MR) is 85.9 cm³/mol. The van der Waals surface area contributed by atoms with Crippen molar-refractivity contribution in [1.82, 2.24) is 14.7 Å². The largest absolute Gasteiger partial charge is 0.347 e. The van der Waals surface area contributed by atoms with Crippen molar-refractivity contribution in [2.75, 3.05) is 14.1 Å². The molecule has 0 aliphatic carbocycles. The Kier molecular flexibility index (Phi) is 3.47. The highest BCUT2D eigenvalue weighted by molar-refractivity contribution is 5.95. The SMILES string of the molecule is CN(C)C(=O)n1nc(-c2ccccc2)c2ccccc2c1=O. The molecule has 0 N–H and O–H groups in total. The van der Waals surface area contributed by atoms with E-state index in [0.717, 1.165) is 15.6 Å². The molecule has 1 heterocycles. The predicted octanol–water partition coefficient (Wildman–Crippen LogP) is 2.59. The van der Waals surface area contributed by atoms with Crippen molar-refractivity contribution < 1.29 is 4.79 Å². The highest BCUT2D eigenvalue weighted by Crippen LogP contribution is 2.24. The van der Waals surface area contributed by atoms with Gasteiger partial charge in [-0.2, -0.15) is 5.10 Å². The van der Waals surface area contributed by atoms with Gasteiger partial charge in [-0.3, -0.25) is 4.79 Å². The molecule has 0 aliphatic heterocycles. The van der Waals surface area contributed by atoms with Gasteiger partial charge in [0.15, 0.2) is 0 Å². The minimum absolute atomic E-state index is 0.408. The number of aromatic nitrogens is 2. The number of amides is 1. The van der Waals surface area contributed by atoms with Crippen LogP contribution in [0.25, 0.3) is 22.0 Å². The van der Waals surface area contributed by atoms with E-state index in [2.05, 4.69) is 5.10 Å². The van der Waals surface area contributed by atoms with Gasteiger partial charge in [-0.05, 0) is 6.07 Å². The average Bonchev–Trinajstić information content (AvgIpc) is 2.55. The topological polar surface area (TPSA) is 55.2 Å². The zero-order valence-corrected chi connectivity index (χ0v) is 12.4. The number of rotatable bonds is 1. The summed E-state index contributed by atoms with van der Waals surface area (Å²) >= 11 is 0. The van der Waals surface area contributed by atoms with Gasteiger partial charge < -0.3 is 4.90 Å². The summed E-state index contributed by atoms with van der Waals surface area (Å²) in [6.45, 7) is 0. The zero-order valence-electron chi connectivity index (χ0n) is 12.4. The molecule has 5 nitrogen and oxygen atoms in total. The van der Waals surface area contributed by atoms with Crippen molar-refractivity contribution in [2.24, 2.45) is 0 Å². The van der Waals surface area contributed by atoms with Crippen LogP contribution in [0.1, 0.15) is 0 Å². The fraction of sp³-hybridized carbons (Fsp3) is 0.118. The molecular formula is C17H15N3O2. The van der Waals surface area contributed by atoms with E-state index in [1.54, 1.807) is 26.2 Å². The lowest BCUT2D eigenvalue weighted by molar-refractivity contribution is 0.214. The van der Waals surface area contributed by atoms with Gasteiger partial charge in [-0.25, -0.2) is 4.79 Å². The Morgan fingerprint density at radius 1 is 0.955 bits per heavy atom. The Morgan fingerprint density at radius 3 is 2.18 bits per heavy atom. The maximum atomic E-state index is 12.5. The summed E-state index contributed by atoms with van der Waals surface area (Å²) in [5.74, 6) is 0. The average molecular weight is 293 g/mol. The first kappa shape index (κ1) is 14.0. The third-order valence-electron chi connectivity index (χ3n) is 3.42. The summed E-state index contributed by atoms with van der Waals surface area (Å²) < 4.78 is 0.921. The van der Waals surface area contributed by atoms with Crippen LogP contribution in [0.3, 0.4) is 0 Å². The molecule has 1 aromatic heterocycles. The third-order valence-corrected chi connectivity index (χ3v) is 3.42. The lowest BCUT2D eigenvalue weighted by Crippen LogP contribution is -2.37. The maximum Gasteiger partial charge on any atom is 0.347 e. The first-order valence-electron chi connectivity index (χ1n) is 6.89. The first-order chi connectivity index (χ1) is 10.6. The van der Waals surface area contributed by atoms with Gasteiger partial charge in [0.1, 0.15) is 0 Å². The molecule has 2 aromatic carbocycles. The monoisotopic (exact) mass is 293 g/mol. The Hall–Kier alpha value is -2.95. The molecule has 1 amide bonds. The Bertz CT molecular complexity index is 899. The molecule has 0 unspecified atom stereocenters. The number of hydrogen-bond donors (Lipinski definition) is 0. The minimum atomic E-state index is -0.465. The van der Waals surface area contributed by atoms with Crippen LogP contribution >= 0.6 is 0 Å². The summed E-state index contributed by atoms with van der Waals surface area (Å²) in [4.78, 5) is 26.1. The first-order valence-corrected chi connectivity index (χ1v) is 6.89. The second-order valence-electron chi connectivity index (χ2n) is 5.15. The van der Waals surface area contributed by atoms with Gasteiger partial charge in [-0.1, -0.05) is 48.5 Å². The van der Waals surface area contributed by atoms with Crippen molar-refractivity contribution in [3.8, 4) is 11.3 Å². The van der Waals surface area contributed by atoms with Crippen LogP contribution < -0.4 is 5.56 Å². The van der Waals surface area contributed by atoms with E-state index in [1.165, 1.54) is 4.90 Å². The minimum Gasteiger partial charge on any atom is -0.329 e. The van der Waals surface area contributed by atoms with Crippen LogP contribution in [-0.4, -0.2) is 34.8 Å². The Balaban J connectivity index is 2.39. The summed E-state index contributed by atoms with van der Waals surface area (Å²) in [6.07, 6.45) is 0. The molecule has 0 atom stereocenters. The van der Waals surface area contributed by atoms with E-state index in [0.29, 0.717) is 11.1 Å². The second kappa shape index (κ2) is 5.44. The van der Waals surface area contributed by atoms with E-state index < -0.39 is 11.6 Å². The second-order valence-corrected chi connectivity index (χ2v) is 5.15. The molecule has 0 fully saturated rings. The summed E-state index contributed by atoms with van der Waals surface area (Å²) in [5.41, 5.74) is 1.07. The van der Waals surface area contributed by atoms with Gasteiger partial charge in [0.25, 0.3) is 5.56 Å². The van der Waals surface area contributed by atoms with Crippen molar-refractivity contribution in [2.45, 2.75) is 0 Å². The molecule has 3 rings (SSSR count). The Labute approximate surface area is 127 Å². The highest BCUT2D eigenvalue weighted by Gasteiger charge is 2.17.